The molecule has 3 rings (SSSR count). The van der Waals surface area contributed by atoms with E-state index < -0.39 is 0 Å². The van der Waals surface area contributed by atoms with Crippen LogP contribution < -0.4 is 10.2 Å². The Morgan fingerprint density at radius 1 is 1.19 bits per heavy atom. The van der Waals surface area contributed by atoms with Crippen LogP contribution in [0.1, 0.15) is 24.5 Å². The Hall–Kier alpha value is -1.63. The molecule has 0 aromatic heterocycles. The first-order valence-electron chi connectivity index (χ1n) is 8.60. The van der Waals surface area contributed by atoms with Gasteiger partial charge in [-0.05, 0) is 54.4 Å². The molecule has 1 aliphatic rings. The maximum Gasteiger partial charge on any atom is 0.242 e. The molecule has 1 fully saturated rings. The third-order valence-electron chi connectivity index (χ3n) is 3.98. The fraction of sp³-hybridized carbons (Fsp3) is 0.300. The maximum absolute atomic E-state index is 12.0. The van der Waals surface area contributed by atoms with Gasteiger partial charge in [-0.2, -0.15) is 5.10 Å². The number of nitrogens with zero attached hydrogens (tertiary/aromatic N) is 1. The van der Waals surface area contributed by atoms with E-state index in [1.807, 2.05) is 72.1 Å². The third kappa shape index (κ3) is 6.48. The quantitative estimate of drug-likeness (QED) is 0.508. The molecule has 1 saturated heterocycles. The van der Waals surface area contributed by atoms with Crippen LogP contribution in [0.2, 0.25) is 5.02 Å². The average Bonchev–Trinajstić information content (AvgIpc) is 3.08. The number of nitrogens with one attached hydrogen (secondary N) is 1. The fourth-order valence-electron chi connectivity index (χ4n) is 2.57. The highest BCUT2D eigenvalue weighted by molar-refractivity contribution is 8.21. The van der Waals surface area contributed by atoms with Crippen LogP contribution in [0.25, 0.3) is 0 Å². The molecule has 0 radical (unpaired) electrons. The number of rotatable bonds is 7. The van der Waals surface area contributed by atoms with E-state index in [9.17, 15) is 4.79 Å². The normalized spacial score (nSPS) is 15.8. The van der Waals surface area contributed by atoms with Crippen molar-refractivity contribution < 1.29 is 9.53 Å². The zero-order valence-electron chi connectivity index (χ0n) is 15.0. The van der Waals surface area contributed by atoms with Gasteiger partial charge in [-0.25, -0.2) is 5.43 Å². The minimum absolute atomic E-state index is 0.0251. The lowest BCUT2D eigenvalue weighted by molar-refractivity contribution is -0.121. The van der Waals surface area contributed by atoms with Crippen LogP contribution in [0.5, 0.6) is 5.75 Å². The molecule has 4 nitrogen and oxygen atoms in total. The Kier molecular flexibility index (Phi) is 7.10. The van der Waals surface area contributed by atoms with Gasteiger partial charge < -0.3 is 4.74 Å². The molecule has 142 valence electrons. The molecule has 2 aromatic rings. The number of hydrogen-bond donors (Lipinski definition) is 1. The van der Waals surface area contributed by atoms with E-state index in [0.29, 0.717) is 18.1 Å². The van der Waals surface area contributed by atoms with E-state index in [1.165, 1.54) is 0 Å². The molecule has 0 aliphatic carbocycles. The van der Waals surface area contributed by atoms with E-state index in [0.717, 1.165) is 28.4 Å². The van der Waals surface area contributed by atoms with Gasteiger partial charge in [-0.3, -0.25) is 4.79 Å². The summed E-state index contributed by atoms with van der Waals surface area (Å²) in [7, 11) is 0. The lowest BCUT2D eigenvalue weighted by atomic mass is 10.2. The monoisotopic (exact) mass is 420 g/mol. The number of hydrogen-bond acceptors (Lipinski definition) is 5. The number of halogens is 1. The Bertz CT molecular complexity index is 789. The van der Waals surface area contributed by atoms with Crippen LogP contribution in [0.3, 0.4) is 0 Å². The van der Waals surface area contributed by atoms with Crippen LogP contribution in [0.15, 0.2) is 53.6 Å². The number of thioether (sulfide) groups is 2. The van der Waals surface area contributed by atoms with Crippen molar-refractivity contribution in [2.75, 3.05) is 11.5 Å². The van der Waals surface area contributed by atoms with Crippen molar-refractivity contribution in [1.29, 1.82) is 0 Å². The van der Waals surface area contributed by atoms with Crippen molar-refractivity contribution in [3.63, 3.8) is 0 Å². The van der Waals surface area contributed by atoms with Crippen molar-refractivity contribution in [3.8, 4) is 5.75 Å². The first-order valence-corrected chi connectivity index (χ1v) is 10.9. The van der Waals surface area contributed by atoms with Gasteiger partial charge in [-0.1, -0.05) is 23.7 Å². The number of carbonyl (C=O) groups excluding carboxylic acids is 1. The minimum Gasteiger partial charge on any atom is -0.489 e. The second kappa shape index (κ2) is 9.53. The molecule has 27 heavy (non-hydrogen) atoms. The summed E-state index contributed by atoms with van der Waals surface area (Å²) in [4.78, 5) is 12.0. The standard InChI is InChI=1S/C20H21ClN2O2S2/c1-20(26-10-11-27-20)12-19(24)23-22-13-15-4-8-18(9-5-15)25-14-16-2-6-17(21)7-3-16/h2-9,13H,10-12,14H2,1H3,(H,23,24)/b22-13-. The van der Waals surface area contributed by atoms with Gasteiger partial charge in [0.2, 0.25) is 5.91 Å². The second-order valence-electron chi connectivity index (χ2n) is 6.28. The molecule has 2 aromatic carbocycles. The van der Waals surface area contributed by atoms with Crippen molar-refractivity contribution in [2.24, 2.45) is 5.10 Å². The fourth-order valence-corrected chi connectivity index (χ4v) is 5.52. The number of amides is 1. The van der Waals surface area contributed by atoms with Gasteiger partial charge in [0.1, 0.15) is 12.4 Å². The predicted molar refractivity (Wildman–Crippen MR) is 116 cm³/mol. The summed E-state index contributed by atoms with van der Waals surface area (Å²) in [6.45, 7) is 2.59. The van der Waals surface area contributed by atoms with Crippen molar-refractivity contribution >= 4 is 47.2 Å². The van der Waals surface area contributed by atoms with Crippen LogP contribution in [-0.4, -0.2) is 27.7 Å². The molecular formula is C20H21ClN2O2S2. The van der Waals surface area contributed by atoms with Crippen LogP contribution in [-0.2, 0) is 11.4 Å². The lowest BCUT2D eigenvalue weighted by Gasteiger charge is -2.19. The second-order valence-corrected chi connectivity index (χ2v) is 10.2. The Morgan fingerprint density at radius 2 is 1.85 bits per heavy atom. The first kappa shape index (κ1) is 20.1. The molecule has 1 N–H and O–H groups in total. The average molecular weight is 421 g/mol. The topological polar surface area (TPSA) is 50.7 Å². The molecule has 0 atom stereocenters. The van der Waals surface area contributed by atoms with E-state index >= 15 is 0 Å². The van der Waals surface area contributed by atoms with Crippen LogP contribution in [0.4, 0.5) is 0 Å². The lowest BCUT2D eigenvalue weighted by Crippen LogP contribution is -2.26. The van der Waals surface area contributed by atoms with Crippen molar-refractivity contribution in [3.05, 3.63) is 64.7 Å². The predicted octanol–water partition coefficient (Wildman–Crippen LogP) is 4.96. The van der Waals surface area contributed by atoms with Gasteiger partial charge in [0.25, 0.3) is 0 Å². The summed E-state index contributed by atoms with van der Waals surface area (Å²) in [5.74, 6) is 2.92. The minimum atomic E-state index is -0.0569. The summed E-state index contributed by atoms with van der Waals surface area (Å²) in [5.41, 5.74) is 4.56. The van der Waals surface area contributed by atoms with E-state index in [2.05, 4.69) is 17.5 Å². The molecule has 0 spiro atoms. The van der Waals surface area contributed by atoms with Gasteiger partial charge >= 0.3 is 0 Å². The Balaban J connectivity index is 1.44. The summed E-state index contributed by atoms with van der Waals surface area (Å²) in [6, 6.07) is 15.1. The van der Waals surface area contributed by atoms with Gasteiger partial charge in [0.15, 0.2) is 0 Å². The zero-order valence-corrected chi connectivity index (χ0v) is 17.4. The molecular weight excluding hydrogens is 400 g/mol. The third-order valence-corrected chi connectivity index (χ3v) is 7.53. The highest BCUT2D eigenvalue weighted by Crippen LogP contribution is 2.45. The van der Waals surface area contributed by atoms with Gasteiger partial charge in [0.05, 0.1) is 16.7 Å². The highest BCUT2D eigenvalue weighted by Gasteiger charge is 2.32. The van der Waals surface area contributed by atoms with E-state index in [1.54, 1.807) is 6.21 Å². The Labute approximate surface area is 173 Å². The summed E-state index contributed by atoms with van der Waals surface area (Å²) < 4.78 is 5.73. The van der Waals surface area contributed by atoms with Crippen molar-refractivity contribution in [1.82, 2.24) is 5.43 Å². The smallest absolute Gasteiger partial charge is 0.242 e. The van der Waals surface area contributed by atoms with Gasteiger partial charge in [-0.15, -0.1) is 23.5 Å². The number of ether oxygens (including phenoxy) is 1. The summed E-state index contributed by atoms with van der Waals surface area (Å²) in [5, 5.41) is 4.76. The van der Waals surface area contributed by atoms with Crippen LogP contribution in [0, 0.1) is 0 Å². The molecule has 0 unspecified atom stereocenters. The molecule has 1 heterocycles. The van der Waals surface area contributed by atoms with Crippen molar-refractivity contribution in [2.45, 2.75) is 24.0 Å². The van der Waals surface area contributed by atoms with E-state index in [-0.39, 0.29) is 9.99 Å². The number of hydrazone groups is 1. The molecule has 7 heteroatoms. The number of carbonyl (C=O) groups is 1. The van der Waals surface area contributed by atoms with Crippen LogP contribution >= 0.6 is 35.1 Å². The number of benzene rings is 2. The highest BCUT2D eigenvalue weighted by atomic mass is 35.5. The Morgan fingerprint density at radius 3 is 2.52 bits per heavy atom. The largest absolute Gasteiger partial charge is 0.489 e. The summed E-state index contributed by atoms with van der Waals surface area (Å²) in [6.07, 6.45) is 2.11. The molecule has 1 aliphatic heterocycles. The molecule has 0 bridgehead atoms. The maximum atomic E-state index is 12.0. The molecule has 1 amide bonds. The van der Waals surface area contributed by atoms with Gasteiger partial charge in [0, 0.05) is 16.5 Å². The summed E-state index contributed by atoms with van der Waals surface area (Å²) >= 11 is 9.55. The van der Waals surface area contributed by atoms with E-state index in [4.69, 9.17) is 16.3 Å². The SMILES string of the molecule is CC1(CC(=O)N/N=C\c2ccc(OCc3ccc(Cl)cc3)cc2)SCCS1. The molecule has 0 saturated carbocycles. The zero-order chi connectivity index (χ0) is 19.1. The first-order chi connectivity index (χ1) is 13.0.